The van der Waals surface area contributed by atoms with Crippen LogP contribution in [0.4, 0.5) is 0 Å². The number of aromatic hydroxyl groups is 1. The van der Waals surface area contributed by atoms with Crippen LogP contribution in [0.3, 0.4) is 0 Å². The predicted molar refractivity (Wildman–Crippen MR) is 71.9 cm³/mol. The van der Waals surface area contributed by atoms with Gasteiger partial charge < -0.3 is 10.4 Å². The van der Waals surface area contributed by atoms with Gasteiger partial charge in [0.25, 0.3) is 0 Å². The van der Waals surface area contributed by atoms with Gasteiger partial charge in [-0.25, -0.2) is 0 Å². The molecule has 1 aliphatic rings. The van der Waals surface area contributed by atoms with E-state index in [9.17, 15) is 5.11 Å². The molecule has 16 heavy (non-hydrogen) atoms. The summed E-state index contributed by atoms with van der Waals surface area (Å²) in [5.41, 5.74) is 1.86. The first kappa shape index (κ1) is 11.7. The molecule has 1 aromatic rings. The van der Waals surface area contributed by atoms with E-state index in [-0.39, 0.29) is 11.8 Å². The summed E-state index contributed by atoms with van der Waals surface area (Å²) in [6.07, 6.45) is 3.43. The Balaban J connectivity index is 2.51. The van der Waals surface area contributed by atoms with Gasteiger partial charge in [0.05, 0.1) is 10.8 Å². The van der Waals surface area contributed by atoms with Crippen molar-refractivity contribution in [1.29, 1.82) is 0 Å². The molecule has 1 unspecified atom stereocenters. The zero-order chi connectivity index (χ0) is 11.7. The van der Waals surface area contributed by atoms with E-state index in [1.807, 2.05) is 25.3 Å². The summed E-state index contributed by atoms with van der Waals surface area (Å²) in [4.78, 5) is 4.29. The molecule has 1 aliphatic heterocycles. The number of nitrogens with zero attached hydrogens (tertiary/aromatic N) is 1. The van der Waals surface area contributed by atoms with Crippen molar-refractivity contribution in [2.24, 2.45) is 4.99 Å². The van der Waals surface area contributed by atoms with Crippen molar-refractivity contribution in [3.63, 3.8) is 0 Å². The van der Waals surface area contributed by atoms with E-state index in [4.69, 9.17) is 0 Å². The lowest BCUT2D eigenvalue weighted by Gasteiger charge is -2.18. The SMILES string of the molecule is Cc1cc(Br)c(O)c(C2N=CNC=C2Br)c1. The second-order valence-corrected chi connectivity index (χ2v) is 5.33. The van der Waals surface area contributed by atoms with Crippen LogP contribution < -0.4 is 5.32 Å². The maximum atomic E-state index is 10.0. The highest BCUT2D eigenvalue weighted by Gasteiger charge is 2.20. The summed E-state index contributed by atoms with van der Waals surface area (Å²) in [6.45, 7) is 1.98. The van der Waals surface area contributed by atoms with Crippen molar-refractivity contribution < 1.29 is 5.11 Å². The minimum absolute atomic E-state index is 0.183. The Hall–Kier alpha value is -0.810. The fourth-order valence-electron chi connectivity index (χ4n) is 1.58. The van der Waals surface area contributed by atoms with E-state index < -0.39 is 0 Å². The smallest absolute Gasteiger partial charge is 0.135 e. The Labute approximate surface area is 111 Å². The molecule has 0 aliphatic carbocycles. The van der Waals surface area contributed by atoms with Crippen LogP contribution >= 0.6 is 31.9 Å². The Kier molecular flexibility index (Phi) is 3.35. The van der Waals surface area contributed by atoms with E-state index in [0.717, 1.165) is 15.6 Å². The number of phenolic OH excluding ortho intramolecular Hbond substituents is 1. The highest BCUT2D eigenvalue weighted by Crippen LogP contribution is 2.39. The largest absolute Gasteiger partial charge is 0.506 e. The molecule has 0 radical (unpaired) electrons. The molecule has 2 rings (SSSR count). The third-order valence-corrected chi connectivity index (χ3v) is 3.58. The molecule has 0 saturated heterocycles. The van der Waals surface area contributed by atoms with Gasteiger partial charge in [-0.2, -0.15) is 0 Å². The fourth-order valence-corrected chi connectivity index (χ4v) is 2.67. The van der Waals surface area contributed by atoms with Gasteiger partial charge >= 0.3 is 0 Å². The van der Waals surface area contributed by atoms with Gasteiger partial charge in [-0.1, -0.05) is 15.9 Å². The Morgan fingerprint density at radius 3 is 2.81 bits per heavy atom. The first-order valence-electron chi connectivity index (χ1n) is 4.72. The maximum absolute atomic E-state index is 10.0. The lowest BCUT2D eigenvalue weighted by molar-refractivity contribution is 0.462. The number of nitrogens with one attached hydrogen (secondary N) is 1. The van der Waals surface area contributed by atoms with Gasteiger partial charge in [0.1, 0.15) is 11.8 Å². The molecule has 0 bridgehead atoms. The first-order chi connectivity index (χ1) is 7.59. The summed E-state index contributed by atoms with van der Waals surface area (Å²) < 4.78 is 1.58. The van der Waals surface area contributed by atoms with Crippen LogP contribution in [0, 0.1) is 6.92 Å². The van der Waals surface area contributed by atoms with Crippen molar-refractivity contribution in [3.8, 4) is 5.75 Å². The van der Waals surface area contributed by atoms with Crippen LogP contribution in [0.5, 0.6) is 5.75 Å². The fraction of sp³-hybridized carbons (Fsp3) is 0.182. The molecular formula is C11H10Br2N2O. The molecule has 0 saturated carbocycles. The van der Waals surface area contributed by atoms with E-state index in [1.54, 1.807) is 6.34 Å². The summed E-state index contributed by atoms with van der Waals surface area (Å²) in [7, 11) is 0. The lowest BCUT2D eigenvalue weighted by atomic mass is 10.0. The third kappa shape index (κ3) is 2.15. The highest BCUT2D eigenvalue weighted by atomic mass is 79.9. The molecule has 0 spiro atoms. The van der Waals surface area contributed by atoms with Crippen LogP contribution in [0.15, 0.2) is 32.3 Å². The van der Waals surface area contributed by atoms with Gasteiger partial charge in [-0.05, 0) is 40.5 Å². The number of hydrogen-bond acceptors (Lipinski definition) is 3. The average Bonchev–Trinajstić information content (AvgIpc) is 2.24. The van der Waals surface area contributed by atoms with E-state index in [1.165, 1.54) is 0 Å². The predicted octanol–water partition coefficient (Wildman–Crippen LogP) is 3.37. The number of halogens is 2. The van der Waals surface area contributed by atoms with E-state index in [2.05, 4.69) is 42.2 Å². The summed E-state index contributed by atoms with van der Waals surface area (Å²) in [5, 5.41) is 12.9. The van der Waals surface area contributed by atoms with E-state index >= 15 is 0 Å². The molecule has 2 N–H and O–H groups in total. The molecule has 0 aromatic heterocycles. The number of benzene rings is 1. The standard InChI is InChI=1S/C11H10Br2N2O/c1-6-2-7(11(16)8(12)3-6)10-9(13)4-14-5-15-10/h2-5,10,16H,1H3,(H,14,15). The minimum Gasteiger partial charge on any atom is -0.506 e. The quantitative estimate of drug-likeness (QED) is 0.819. The van der Waals surface area contributed by atoms with Crippen LogP contribution in [-0.4, -0.2) is 11.4 Å². The first-order valence-corrected chi connectivity index (χ1v) is 6.30. The average molecular weight is 346 g/mol. The van der Waals surface area contributed by atoms with Crippen LogP contribution in [0.1, 0.15) is 17.2 Å². The maximum Gasteiger partial charge on any atom is 0.135 e. The van der Waals surface area contributed by atoms with Gasteiger partial charge in [-0.3, -0.25) is 4.99 Å². The lowest BCUT2D eigenvalue weighted by Crippen LogP contribution is -2.11. The second-order valence-electron chi connectivity index (χ2n) is 3.56. The number of rotatable bonds is 1. The molecule has 1 atom stereocenters. The van der Waals surface area contributed by atoms with E-state index in [0.29, 0.717) is 4.47 Å². The summed E-state index contributed by atoms with van der Waals surface area (Å²) >= 11 is 6.76. The number of aryl methyl sites for hydroxylation is 1. The molecule has 5 heteroatoms. The zero-order valence-electron chi connectivity index (χ0n) is 8.54. The Morgan fingerprint density at radius 2 is 2.12 bits per heavy atom. The summed E-state index contributed by atoms with van der Waals surface area (Å²) in [6, 6.07) is 3.63. The molecule has 1 heterocycles. The Bertz CT molecular complexity index is 483. The molecule has 3 nitrogen and oxygen atoms in total. The molecule has 1 aromatic carbocycles. The third-order valence-electron chi connectivity index (χ3n) is 2.31. The van der Waals surface area contributed by atoms with Gasteiger partial charge in [0, 0.05) is 16.2 Å². The van der Waals surface area contributed by atoms with Gasteiger partial charge in [0.2, 0.25) is 0 Å². The van der Waals surface area contributed by atoms with Crippen molar-refractivity contribution in [2.45, 2.75) is 13.0 Å². The van der Waals surface area contributed by atoms with Crippen molar-refractivity contribution in [3.05, 3.63) is 38.4 Å². The normalized spacial score (nSPS) is 19.2. The topological polar surface area (TPSA) is 44.6 Å². The van der Waals surface area contributed by atoms with Gasteiger partial charge in [0.15, 0.2) is 0 Å². The molecule has 0 fully saturated rings. The highest BCUT2D eigenvalue weighted by molar-refractivity contribution is 9.11. The number of hydrogen-bond donors (Lipinski definition) is 2. The monoisotopic (exact) mass is 344 g/mol. The number of aliphatic imine (C=N–C) groups is 1. The number of phenols is 1. The summed E-state index contributed by atoms with van der Waals surface area (Å²) in [5.74, 6) is 0.236. The van der Waals surface area contributed by atoms with Crippen molar-refractivity contribution in [2.75, 3.05) is 0 Å². The van der Waals surface area contributed by atoms with Crippen LogP contribution in [0.25, 0.3) is 0 Å². The van der Waals surface area contributed by atoms with Crippen molar-refractivity contribution >= 4 is 38.2 Å². The van der Waals surface area contributed by atoms with Crippen molar-refractivity contribution in [1.82, 2.24) is 5.32 Å². The second kappa shape index (κ2) is 4.59. The molecule has 84 valence electrons. The Morgan fingerprint density at radius 1 is 1.38 bits per heavy atom. The zero-order valence-corrected chi connectivity index (χ0v) is 11.7. The van der Waals surface area contributed by atoms with Crippen LogP contribution in [-0.2, 0) is 0 Å². The molecule has 0 amide bonds. The van der Waals surface area contributed by atoms with Crippen LogP contribution in [0.2, 0.25) is 0 Å². The minimum atomic E-state index is -0.183. The van der Waals surface area contributed by atoms with Gasteiger partial charge in [-0.15, -0.1) is 0 Å². The molecular weight excluding hydrogens is 336 g/mol.